The van der Waals surface area contributed by atoms with Gasteiger partial charge in [0.15, 0.2) is 0 Å². The first-order valence-electron chi connectivity index (χ1n) is 10.8. The maximum absolute atomic E-state index is 11.8. The molecule has 6 nitrogen and oxygen atoms in total. The first kappa shape index (κ1) is 24.9. The average molecular weight is 490 g/mol. The Balaban J connectivity index is 1.89. The number of nitrogens with zero attached hydrogens (tertiary/aromatic N) is 1. The minimum atomic E-state index is -0.884. The maximum Gasteiger partial charge on any atom is 0.306 e. The maximum atomic E-state index is 11.8. The summed E-state index contributed by atoms with van der Waals surface area (Å²) in [6, 6.07) is 9.73. The van der Waals surface area contributed by atoms with Gasteiger partial charge in [-0.15, -0.1) is 0 Å². The molecule has 33 heavy (non-hydrogen) atoms. The van der Waals surface area contributed by atoms with Crippen LogP contribution in [-0.4, -0.2) is 28.6 Å². The third kappa shape index (κ3) is 5.45. The number of carbonyl (C=O) groups is 2. The van der Waals surface area contributed by atoms with Crippen molar-refractivity contribution in [1.82, 2.24) is 9.88 Å². The van der Waals surface area contributed by atoms with Crippen LogP contribution < -0.4 is 11.1 Å². The number of hydrogen-bond donors (Lipinski definition) is 3. The molecule has 0 saturated heterocycles. The van der Waals surface area contributed by atoms with Gasteiger partial charge in [-0.2, -0.15) is 0 Å². The third-order valence-corrected chi connectivity index (χ3v) is 7.17. The van der Waals surface area contributed by atoms with E-state index in [-0.39, 0.29) is 5.92 Å². The van der Waals surface area contributed by atoms with Crippen molar-refractivity contribution in [3.63, 3.8) is 0 Å². The molecule has 1 amide bonds. The number of anilines is 1. The molecule has 0 aliphatic heterocycles. The van der Waals surface area contributed by atoms with E-state index in [4.69, 9.17) is 28.9 Å². The smallest absolute Gasteiger partial charge is 0.306 e. The summed E-state index contributed by atoms with van der Waals surface area (Å²) >= 11 is 13.4. The highest BCUT2D eigenvalue weighted by atomic mass is 35.5. The molecule has 2 atom stereocenters. The van der Waals surface area contributed by atoms with Gasteiger partial charge in [0.05, 0.1) is 11.4 Å². The second kappa shape index (κ2) is 10.5. The number of halogens is 2. The molecule has 176 valence electrons. The number of carbonyl (C=O) groups excluding carboxylic acids is 1. The molecule has 1 heterocycles. The summed E-state index contributed by atoms with van der Waals surface area (Å²) in [7, 11) is 2.00. The fourth-order valence-electron chi connectivity index (χ4n) is 4.45. The molecule has 8 heteroatoms. The van der Waals surface area contributed by atoms with Gasteiger partial charge >= 0.3 is 5.97 Å². The molecule has 3 rings (SSSR count). The van der Waals surface area contributed by atoms with Gasteiger partial charge in [-0.1, -0.05) is 36.2 Å². The van der Waals surface area contributed by atoms with Gasteiger partial charge in [0.2, 0.25) is 6.41 Å². The molecular formula is C25H29Cl2N3O3. The van der Waals surface area contributed by atoms with E-state index in [2.05, 4.69) is 16.0 Å². The zero-order valence-electron chi connectivity index (χ0n) is 19.0. The van der Waals surface area contributed by atoms with Gasteiger partial charge in [0.1, 0.15) is 0 Å². The molecule has 0 aliphatic rings. The van der Waals surface area contributed by atoms with Crippen molar-refractivity contribution < 1.29 is 14.7 Å². The standard InChI is InChI=1S/C25H29Cl2N3O3/c1-14(19(25(32)33)6-7-29-13-31)8-16-4-5-22(26)21(24(16)27)12-18-11-20-15(2)9-17(28)10-23(20)30(18)3/h4-5,9-11,13-14,19H,6-8,12,28H2,1-3H3,(H,29,31)(H,32,33). The molecule has 0 spiro atoms. The first-order chi connectivity index (χ1) is 15.6. The van der Waals surface area contributed by atoms with Crippen molar-refractivity contribution in [3.05, 3.63) is 62.8 Å². The second-order valence-electron chi connectivity index (χ2n) is 8.63. The van der Waals surface area contributed by atoms with Gasteiger partial charge in [-0.05, 0) is 66.6 Å². The van der Waals surface area contributed by atoms with Crippen LogP contribution in [-0.2, 0) is 29.5 Å². The number of nitrogens with two attached hydrogens (primary N) is 1. The lowest BCUT2D eigenvalue weighted by Gasteiger charge is -2.21. The minimum Gasteiger partial charge on any atom is -0.481 e. The molecule has 0 radical (unpaired) electrons. The number of aliphatic carboxylic acids is 1. The third-order valence-electron chi connectivity index (χ3n) is 6.34. The van der Waals surface area contributed by atoms with Crippen molar-refractivity contribution in [2.75, 3.05) is 12.3 Å². The largest absolute Gasteiger partial charge is 0.481 e. The fourth-order valence-corrected chi connectivity index (χ4v) is 5.03. The van der Waals surface area contributed by atoms with Crippen LogP contribution in [0.5, 0.6) is 0 Å². The quantitative estimate of drug-likeness (QED) is 0.212. The normalized spacial score (nSPS) is 13.1. The van der Waals surface area contributed by atoms with Crippen molar-refractivity contribution in [2.24, 2.45) is 18.9 Å². The lowest BCUT2D eigenvalue weighted by Crippen LogP contribution is -2.27. The SMILES string of the molecule is Cc1cc(N)cc2c1cc(Cc1c(Cl)ccc(CC(C)C(CCNC=O)C(=O)O)c1Cl)n2C. The van der Waals surface area contributed by atoms with E-state index < -0.39 is 11.9 Å². The Bertz CT molecular complexity index is 1190. The molecular weight excluding hydrogens is 461 g/mol. The van der Waals surface area contributed by atoms with Crippen molar-refractivity contribution >= 4 is 52.2 Å². The van der Waals surface area contributed by atoms with E-state index in [9.17, 15) is 14.7 Å². The molecule has 1 aromatic heterocycles. The number of nitrogens with one attached hydrogen (secondary N) is 1. The van der Waals surface area contributed by atoms with Crippen LogP contribution in [0.15, 0.2) is 30.3 Å². The Morgan fingerprint density at radius 3 is 2.67 bits per heavy atom. The number of amides is 1. The van der Waals surface area contributed by atoms with Gasteiger partial charge in [-0.3, -0.25) is 9.59 Å². The number of carboxylic acids is 1. The number of aryl methyl sites for hydroxylation is 2. The number of aromatic nitrogens is 1. The Morgan fingerprint density at radius 1 is 1.27 bits per heavy atom. The summed E-state index contributed by atoms with van der Waals surface area (Å²) in [6.45, 7) is 4.24. The summed E-state index contributed by atoms with van der Waals surface area (Å²) in [4.78, 5) is 22.3. The van der Waals surface area contributed by atoms with E-state index >= 15 is 0 Å². The number of fused-ring (bicyclic) bond motifs is 1. The molecule has 2 unspecified atom stereocenters. The van der Waals surface area contributed by atoms with Crippen molar-refractivity contribution in [1.29, 1.82) is 0 Å². The van der Waals surface area contributed by atoms with Crippen LogP contribution in [0.1, 0.15) is 35.7 Å². The van der Waals surface area contributed by atoms with E-state index in [1.165, 1.54) is 0 Å². The lowest BCUT2D eigenvalue weighted by atomic mass is 9.85. The second-order valence-corrected chi connectivity index (χ2v) is 9.41. The molecule has 2 aromatic carbocycles. The molecule has 3 aromatic rings. The number of benzene rings is 2. The minimum absolute atomic E-state index is 0.175. The Kier molecular flexibility index (Phi) is 7.92. The van der Waals surface area contributed by atoms with Crippen LogP contribution in [0, 0.1) is 18.8 Å². The van der Waals surface area contributed by atoms with Gasteiger partial charge in [-0.25, -0.2) is 0 Å². The molecule has 0 fully saturated rings. The van der Waals surface area contributed by atoms with Crippen LogP contribution in [0.4, 0.5) is 5.69 Å². The molecule has 0 bridgehead atoms. The topological polar surface area (TPSA) is 97.3 Å². The highest BCUT2D eigenvalue weighted by Crippen LogP contribution is 2.34. The van der Waals surface area contributed by atoms with Crippen LogP contribution in [0.3, 0.4) is 0 Å². The average Bonchev–Trinajstić information content (AvgIpc) is 3.06. The summed E-state index contributed by atoms with van der Waals surface area (Å²) < 4.78 is 2.10. The molecule has 0 aliphatic carbocycles. The predicted molar refractivity (Wildman–Crippen MR) is 134 cm³/mol. The van der Waals surface area contributed by atoms with E-state index in [1.54, 1.807) is 0 Å². The van der Waals surface area contributed by atoms with Crippen molar-refractivity contribution in [3.8, 4) is 0 Å². The van der Waals surface area contributed by atoms with E-state index in [0.29, 0.717) is 42.3 Å². The van der Waals surface area contributed by atoms with Gasteiger partial charge < -0.3 is 20.7 Å². The number of nitrogen functional groups attached to an aromatic ring is 1. The van der Waals surface area contributed by atoms with Crippen LogP contribution in [0.25, 0.3) is 10.9 Å². The number of hydrogen-bond acceptors (Lipinski definition) is 3. The van der Waals surface area contributed by atoms with Crippen LogP contribution in [0.2, 0.25) is 10.0 Å². The van der Waals surface area contributed by atoms with E-state index in [0.717, 1.165) is 39.0 Å². The highest BCUT2D eigenvalue weighted by molar-refractivity contribution is 6.36. The van der Waals surface area contributed by atoms with Crippen molar-refractivity contribution in [2.45, 2.75) is 33.1 Å². The Labute approximate surface area is 203 Å². The number of carboxylic acid groups (broad SMARTS) is 1. The monoisotopic (exact) mass is 489 g/mol. The zero-order valence-corrected chi connectivity index (χ0v) is 20.5. The molecule has 0 saturated carbocycles. The van der Waals surface area contributed by atoms with Crippen LogP contribution >= 0.6 is 23.2 Å². The van der Waals surface area contributed by atoms with Gasteiger partial charge in [0, 0.05) is 46.8 Å². The number of rotatable bonds is 10. The predicted octanol–water partition coefficient (Wildman–Crippen LogP) is 4.98. The molecule has 4 N–H and O–H groups in total. The van der Waals surface area contributed by atoms with Gasteiger partial charge in [0.25, 0.3) is 0 Å². The first-order valence-corrected chi connectivity index (χ1v) is 11.6. The fraction of sp³-hybridized carbons (Fsp3) is 0.360. The summed E-state index contributed by atoms with van der Waals surface area (Å²) in [6.07, 6.45) is 1.96. The summed E-state index contributed by atoms with van der Waals surface area (Å²) in [5.74, 6) is -1.66. The zero-order chi connectivity index (χ0) is 24.3. The highest BCUT2D eigenvalue weighted by Gasteiger charge is 2.26. The summed E-state index contributed by atoms with van der Waals surface area (Å²) in [5, 5.41) is 14.4. The Hall–Kier alpha value is -2.70. The Morgan fingerprint density at radius 2 is 2.00 bits per heavy atom. The van der Waals surface area contributed by atoms with E-state index in [1.807, 2.05) is 45.2 Å². The summed E-state index contributed by atoms with van der Waals surface area (Å²) in [5.41, 5.74) is 11.6. The lowest BCUT2D eigenvalue weighted by molar-refractivity contribution is -0.143.